The number of aromatic nitrogens is 1. The molecule has 1 atom stereocenters. The Morgan fingerprint density at radius 2 is 1.91 bits per heavy atom. The average Bonchev–Trinajstić information content (AvgIpc) is 2.78. The predicted molar refractivity (Wildman–Crippen MR) is 121 cm³/mol. The molecule has 0 radical (unpaired) electrons. The van der Waals surface area contributed by atoms with Gasteiger partial charge in [0, 0.05) is 23.5 Å². The van der Waals surface area contributed by atoms with Crippen molar-refractivity contribution in [3.63, 3.8) is 0 Å². The fourth-order valence-corrected chi connectivity index (χ4v) is 4.69. The van der Waals surface area contributed by atoms with Crippen LogP contribution in [0.1, 0.15) is 28.4 Å². The van der Waals surface area contributed by atoms with E-state index in [4.69, 9.17) is 16.3 Å². The van der Waals surface area contributed by atoms with Gasteiger partial charge in [-0.25, -0.2) is 12.8 Å². The standard InChI is InChI=1S/C23H22ClFN2O5S.Na/c1-15-10-21(27(13-16(2)25)33(30,31)19-4-3-9-26-12-19)22(11-20(15)24)32-14-17-5-7-18(8-6-17)23(28)29;/h3-12,16H,13-14H2,1-2H3,(H,28,29);/q;+1/p-1/t16-;/m0./s1. The number of carboxylic acid groups (broad SMARTS) is 1. The van der Waals surface area contributed by atoms with Gasteiger partial charge in [-0.1, -0.05) is 35.9 Å². The van der Waals surface area contributed by atoms with Crippen LogP contribution in [0.4, 0.5) is 10.1 Å². The van der Waals surface area contributed by atoms with Crippen LogP contribution in [0, 0.1) is 6.92 Å². The summed E-state index contributed by atoms with van der Waals surface area (Å²) in [6.45, 7) is 2.50. The van der Waals surface area contributed by atoms with Gasteiger partial charge in [-0.3, -0.25) is 9.29 Å². The monoisotopic (exact) mass is 514 g/mol. The molecule has 0 bridgehead atoms. The second-order valence-corrected chi connectivity index (χ2v) is 9.62. The molecule has 174 valence electrons. The number of carbonyl (C=O) groups is 1. The Morgan fingerprint density at radius 3 is 2.47 bits per heavy atom. The number of benzene rings is 2. The molecule has 7 nitrogen and oxygen atoms in total. The molecule has 0 amide bonds. The predicted octanol–water partition coefficient (Wildman–Crippen LogP) is 0.543. The van der Waals surface area contributed by atoms with Crippen LogP contribution in [0.25, 0.3) is 0 Å². The molecule has 0 aliphatic rings. The molecule has 0 saturated heterocycles. The van der Waals surface area contributed by atoms with Crippen molar-refractivity contribution in [3.8, 4) is 5.75 Å². The topological polar surface area (TPSA) is 99.6 Å². The molecule has 0 spiro atoms. The molecule has 0 N–H and O–H groups in total. The number of hydrogen-bond acceptors (Lipinski definition) is 6. The van der Waals surface area contributed by atoms with Crippen molar-refractivity contribution >= 4 is 33.3 Å². The molecule has 0 aliphatic heterocycles. The summed E-state index contributed by atoms with van der Waals surface area (Å²) in [5.74, 6) is -1.17. The van der Waals surface area contributed by atoms with Gasteiger partial charge in [-0.15, -0.1) is 0 Å². The van der Waals surface area contributed by atoms with Crippen LogP contribution >= 0.6 is 11.6 Å². The van der Waals surface area contributed by atoms with E-state index in [9.17, 15) is 22.7 Å². The van der Waals surface area contributed by atoms with Crippen molar-refractivity contribution in [3.05, 3.63) is 82.6 Å². The zero-order valence-corrected chi connectivity index (χ0v) is 22.4. The number of carbonyl (C=O) groups excluding carboxylic acids is 1. The molecular weight excluding hydrogens is 494 g/mol. The van der Waals surface area contributed by atoms with Crippen LogP contribution in [0.15, 0.2) is 65.8 Å². The molecule has 34 heavy (non-hydrogen) atoms. The summed E-state index contributed by atoms with van der Waals surface area (Å²) in [7, 11) is -4.16. The summed E-state index contributed by atoms with van der Waals surface area (Å²) in [5.41, 5.74) is 1.35. The largest absolute Gasteiger partial charge is 1.00 e. The summed E-state index contributed by atoms with van der Waals surface area (Å²) < 4.78 is 47.6. The molecule has 1 aromatic heterocycles. The smallest absolute Gasteiger partial charge is 0.545 e. The zero-order chi connectivity index (χ0) is 24.2. The van der Waals surface area contributed by atoms with E-state index in [1.807, 2.05) is 0 Å². The van der Waals surface area contributed by atoms with Crippen molar-refractivity contribution in [2.45, 2.75) is 31.5 Å². The van der Waals surface area contributed by atoms with Gasteiger partial charge < -0.3 is 14.6 Å². The Labute approximate surface area is 224 Å². The van der Waals surface area contributed by atoms with E-state index in [0.717, 1.165) is 4.31 Å². The number of sulfonamides is 1. The van der Waals surface area contributed by atoms with Crippen molar-refractivity contribution in [2.24, 2.45) is 0 Å². The van der Waals surface area contributed by atoms with E-state index in [0.29, 0.717) is 16.1 Å². The number of halogens is 2. The summed E-state index contributed by atoms with van der Waals surface area (Å²) in [6.07, 6.45) is 1.15. The summed E-state index contributed by atoms with van der Waals surface area (Å²) in [4.78, 5) is 14.7. The van der Waals surface area contributed by atoms with E-state index >= 15 is 0 Å². The fraction of sp³-hybridized carbons (Fsp3) is 0.217. The number of aryl methyl sites for hydroxylation is 1. The minimum atomic E-state index is -4.16. The van der Waals surface area contributed by atoms with Crippen molar-refractivity contribution in [1.29, 1.82) is 0 Å². The molecule has 2 aromatic carbocycles. The van der Waals surface area contributed by atoms with Crippen molar-refractivity contribution < 1.29 is 57.0 Å². The van der Waals surface area contributed by atoms with E-state index in [-0.39, 0.29) is 58.1 Å². The number of alkyl halides is 1. The van der Waals surface area contributed by atoms with E-state index in [2.05, 4.69) is 4.98 Å². The number of hydrogen-bond donors (Lipinski definition) is 0. The van der Waals surface area contributed by atoms with Crippen LogP contribution in [-0.4, -0.2) is 32.1 Å². The summed E-state index contributed by atoms with van der Waals surface area (Å²) >= 11 is 6.26. The van der Waals surface area contributed by atoms with Crippen LogP contribution in [0.3, 0.4) is 0 Å². The maximum atomic E-state index is 14.1. The molecule has 3 rings (SSSR count). The van der Waals surface area contributed by atoms with E-state index in [1.165, 1.54) is 55.7 Å². The van der Waals surface area contributed by atoms with Gasteiger partial charge in [-0.05, 0) is 48.7 Å². The third-order valence-corrected chi connectivity index (χ3v) is 6.90. The number of nitrogens with zero attached hydrogens (tertiary/aromatic N) is 2. The van der Waals surface area contributed by atoms with Crippen LogP contribution < -0.4 is 43.7 Å². The van der Waals surface area contributed by atoms with Gasteiger partial charge in [-0.2, -0.15) is 0 Å². The summed E-state index contributed by atoms with van der Waals surface area (Å²) in [5, 5.41) is 11.3. The van der Waals surface area contributed by atoms with Gasteiger partial charge in [0.2, 0.25) is 0 Å². The van der Waals surface area contributed by atoms with E-state index in [1.54, 1.807) is 19.1 Å². The molecule has 0 aliphatic carbocycles. The SMILES string of the molecule is Cc1cc(N(C[C@H](C)F)S(=O)(=O)c2cccnc2)c(OCc2ccc(C(=O)[O-])cc2)cc1Cl.[Na+]. The Hall–Kier alpha value is -2.17. The summed E-state index contributed by atoms with van der Waals surface area (Å²) in [6, 6.07) is 11.7. The molecular formula is C23H21ClFN2NaO5S. The van der Waals surface area contributed by atoms with Gasteiger partial charge in [0.15, 0.2) is 0 Å². The fourth-order valence-electron chi connectivity index (χ4n) is 3.04. The van der Waals surface area contributed by atoms with Gasteiger partial charge in [0.25, 0.3) is 10.0 Å². The molecule has 0 fully saturated rings. The van der Waals surface area contributed by atoms with Gasteiger partial charge >= 0.3 is 29.6 Å². The first-order chi connectivity index (χ1) is 15.6. The second-order valence-electron chi connectivity index (χ2n) is 7.35. The number of ether oxygens (including phenoxy) is 1. The van der Waals surface area contributed by atoms with Gasteiger partial charge in [0.05, 0.1) is 18.2 Å². The Balaban J connectivity index is 0.00000408. The third kappa shape index (κ3) is 6.70. The first-order valence-electron chi connectivity index (χ1n) is 9.89. The Morgan fingerprint density at radius 1 is 1.24 bits per heavy atom. The Kier molecular flexibility index (Phi) is 9.90. The molecule has 11 heteroatoms. The zero-order valence-electron chi connectivity index (χ0n) is 18.9. The van der Waals surface area contributed by atoms with Crippen molar-refractivity contribution in [1.82, 2.24) is 4.98 Å². The second kappa shape index (κ2) is 12.0. The van der Waals surface area contributed by atoms with Crippen LogP contribution in [0.2, 0.25) is 5.02 Å². The number of rotatable bonds is 9. The van der Waals surface area contributed by atoms with Gasteiger partial charge in [0.1, 0.15) is 23.4 Å². The minimum absolute atomic E-state index is 0. The maximum absolute atomic E-state index is 14.1. The number of carboxylic acids is 1. The van der Waals surface area contributed by atoms with Crippen LogP contribution in [0.5, 0.6) is 5.75 Å². The average molecular weight is 515 g/mol. The normalized spacial score (nSPS) is 11.9. The van der Waals surface area contributed by atoms with Crippen LogP contribution in [-0.2, 0) is 16.6 Å². The van der Waals surface area contributed by atoms with E-state index < -0.39 is 28.7 Å². The maximum Gasteiger partial charge on any atom is 1.00 e. The first kappa shape index (κ1) is 28.1. The van der Waals surface area contributed by atoms with Crippen molar-refractivity contribution in [2.75, 3.05) is 10.8 Å². The number of pyridine rings is 1. The Bertz CT molecular complexity index is 1240. The molecule has 3 aromatic rings. The quantitative estimate of drug-likeness (QED) is 0.387. The third-order valence-electron chi connectivity index (χ3n) is 4.73. The number of anilines is 1. The molecule has 0 saturated carbocycles. The first-order valence-corrected chi connectivity index (χ1v) is 11.7. The minimum Gasteiger partial charge on any atom is -0.545 e. The number of aromatic carboxylic acids is 1. The molecule has 0 unspecified atom stereocenters. The molecule has 1 heterocycles.